The highest BCUT2D eigenvalue weighted by Gasteiger charge is 2.24. The fraction of sp³-hybridized carbons (Fsp3) is 0.769. The maximum Gasteiger partial charge on any atom is 0.223 e. The average Bonchev–Trinajstić information content (AvgIpc) is 2.99. The summed E-state index contributed by atoms with van der Waals surface area (Å²) in [4.78, 5) is 14.4. The van der Waals surface area contributed by atoms with Crippen molar-refractivity contribution in [2.75, 3.05) is 39.9 Å². The molecule has 112 valence electrons. The molecule has 1 fully saturated rings. The SMILES string of the molecule is COCCN1CCC(C(=O)NCCn2ccnn2)CC1. The Morgan fingerprint density at radius 2 is 2.20 bits per heavy atom. The number of carbonyl (C=O) groups is 1. The van der Waals surface area contributed by atoms with E-state index in [1.165, 1.54) is 0 Å². The molecule has 0 atom stereocenters. The summed E-state index contributed by atoms with van der Waals surface area (Å²) in [5.74, 6) is 0.307. The Labute approximate surface area is 119 Å². The van der Waals surface area contributed by atoms with Gasteiger partial charge in [0.25, 0.3) is 0 Å². The molecule has 1 aliphatic heterocycles. The topological polar surface area (TPSA) is 72.3 Å². The van der Waals surface area contributed by atoms with E-state index in [1.54, 1.807) is 24.2 Å². The fourth-order valence-electron chi connectivity index (χ4n) is 2.43. The minimum Gasteiger partial charge on any atom is -0.383 e. The van der Waals surface area contributed by atoms with Crippen LogP contribution in [0.25, 0.3) is 0 Å². The normalized spacial score (nSPS) is 17.2. The average molecular weight is 281 g/mol. The van der Waals surface area contributed by atoms with Crippen molar-refractivity contribution < 1.29 is 9.53 Å². The van der Waals surface area contributed by atoms with Gasteiger partial charge in [-0.2, -0.15) is 0 Å². The third-order valence-electron chi connectivity index (χ3n) is 3.68. The van der Waals surface area contributed by atoms with E-state index in [1.807, 2.05) is 0 Å². The second kappa shape index (κ2) is 7.96. The minimum atomic E-state index is 0.143. The predicted octanol–water partition coefficient (Wildman–Crippen LogP) is -0.247. The van der Waals surface area contributed by atoms with Crippen molar-refractivity contribution in [1.82, 2.24) is 25.2 Å². The molecule has 0 aromatic carbocycles. The lowest BCUT2D eigenvalue weighted by molar-refractivity contribution is -0.126. The van der Waals surface area contributed by atoms with Crippen molar-refractivity contribution >= 4 is 5.91 Å². The first-order valence-corrected chi connectivity index (χ1v) is 7.12. The monoisotopic (exact) mass is 281 g/mol. The molecule has 0 unspecified atom stereocenters. The molecule has 1 aromatic rings. The standard InChI is InChI=1S/C13H23N5O2/c1-20-11-10-17-6-2-12(3-7-17)13(19)14-4-8-18-9-5-15-16-18/h5,9,12H,2-4,6-8,10-11H2,1H3,(H,14,19). The van der Waals surface area contributed by atoms with Crippen molar-refractivity contribution in [3.63, 3.8) is 0 Å². The summed E-state index contributed by atoms with van der Waals surface area (Å²) in [5.41, 5.74) is 0. The van der Waals surface area contributed by atoms with Crippen LogP contribution in [0, 0.1) is 5.92 Å². The second-order valence-corrected chi connectivity index (χ2v) is 5.07. The van der Waals surface area contributed by atoms with E-state index in [4.69, 9.17) is 4.74 Å². The van der Waals surface area contributed by atoms with Crippen LogP contribution < -0.4 is 5.32 Å². The zero-order valence-corrected chi connectivity index (χ0v) is 12.0. The van der Waals surface area contributed by atoms with Crippen LogP contribution >= 0.6 is 0 Å². The molecule has 7 heteroatoms. The summed E-state index contributed by atoms with van der Waals surface area (Å²) >= 11 is 0. The van der Waals surface area contributed by atoms with E-state index >= 15 is 0 Å². The summed E-state index contributed by atoms with van der Waals surface area (Å²) in [5, 5.41) is 10.6. The summed E-state index contributed by atoms with van der Waals surface area (Å²) in [7, 11) is 1.72. The van der Waals surface area contributed by atoms with Crippen LogP contribution in [0.15, 0.2) is 12.4 Å². The van der Waals surface area contributed by atoms with E-state index in [-0.39, 0.29) is 11.8 Å². The number of carbonyl (C=O) groups excluding carboxylic acids is 1. The van der Waals surface area contributed by atoms with Gasteiger partial charge in [0.2, 0.25) is 5.91 Å². The number of amides is 1. The van der Waals surface area contributed by atoms with Crippen LogP contribution in [-0.4, -0.2) is 65.7 Å². The number of methoxy groups -OCH3 is 1. The lowest BCUT2D eigenvalue weighted by Crippen LogP contribution is -2.42. The molecule has 0 aliphatic carbocycles. The van der Waals surface area contributed by atoms with Gasteiger partial charge in [-0.15, -0.1) is 5.10 Å². The molecule has 1 N–H and O–H groups in total. The van der Waals surface area contributed by atoms with Gasteiger partial charge >= 0.3 is 0 Å². The first-order valence-electron chi connectivity index (χ1n) is 7.12. The third-order valence-corrected chi connectivity index (χ3v) is 3.68. The third kappa shape index (κ3) is 4.57. The highest BCUT2D eigenvalue weighted by atomic mass is 16.5. The number of piperidine rings is 1. The highest BCUT2D eigenvalue weighted by Crippen LogP contribution is 2.16. The molecular weight excluding hydrogens is 258 g/mol. The first kappa shape index (κ1) is 14.9. The van der Waals surface area contributed by atoms with E-state index in [0.717, 1.165) is 39.1 Å². The Morgan fingerprint density at radius 3 is 2.85 bits per heavy atom. The summed E-state index contributed by atoms with van der Waals surface area (Å²) < 4.78 is 6.79. The van der Waals surface area contributed by atoms with Crippen molar-refractivity contribution in [3.05, 3.63) is 12.4 Å². The lowest BCUT2D eigenvalue weighted by Gasteiger charge is -2.30. The number of nitrogens with one attached hydrogen (secondary N) is 1. The molecule has 1 amide bonds. The molecule has 0 spiro atoms. The minimum absolute atomic E-state index is 0.143. The number of aromatic nitrogens is 3. The number of hydrogen-bond acceptors (Lipinski definition) is 5. The number of rotatable bonds is 7. The van der Waals surface area contributed by atoms with E-state index in [2.05, 4.69) is 20.5 Å². The Balaban J connectivity index is 1.61. The molecule has 0 radical (unpaired) electrons. The quantitative estimate of drug-likeness (QED) is 0.746. The van der Waals surface area contributed by atoms with Crippen LogP contribution in [0.1, 0.15) is 12.8 Å². The van der Waals surface area contributed by atoms with Crippen LogP contribution in [0.2, 0.25) is 0 Å². The van der Waals surface area contributed by atoms with Crippen LogP contribution in [0.4, 0.5) is 0 Å². The fourth-order valence-corrected chi connectivity index (χ4v) is 2.43. The van der Waals surface area contributed by atoms with Gasteiger partial charge < -0.3 is 15.0 Å². The summed E-state index contributed by atoms with van der Waals surface area (Å²) in [6.45, 7) is 4.94. The number of hydrogen-bond donors (Lipinski definition) is 1. The van der Waals surface area contributed by atoms with Gasteiger partial charge in [-0.25, -0.2) is 0 Å². The Hall–Kier alpha value is -1.47. The van der Waals surface area contributed by atoms with Crippen molar-refractivity contribution in [2.45, 2.75) is 19.4 Å². The summed E-state index contributed by atoms with van der Waals surface area (Å²) in [6, 6.07) is 0. The van der Waals surface area contributed by atoms with E-state index in [0.29, 0.717) is 13.1 Å². The van der Waals surface area contributed by atoms with Crippen molar-refractivity contribution in [1.29, 1.82) is 0 Å². The highest BCUT2D eigenvalue weighted by molar-refractivity contribution is 5.78. The van der Waals surface area contributed by atoms with Crippen molar-refractivity contribution in [3.8, 4) is 0 Å². The lowest BCUT2D eigenvalue weighted by atomic mass is 9.96. The zero-order chi connectivity index (χ0) is 14.2. The van der Waals surface area contributed by atoms with Crippen LogP contribution in [-0.2, 0) is 16.1 Å². The maximum absolute atomic E-state index is 12.0. The van der Waals surface area contributed by atoms with Crippen LogP contribution in [0.3, 0.4) is 0 Å². The second-order valence-electron chi connectivity index (χ2n) is 5.07. The van der Waals surface area contributed by atoms with Gasteiger partial charge in [0, 0.05) is 32.3 Å². The first-order chi connectivity index (χ1) is 9.79. The molecule has 0 saturated carbocycles. The van der Waals surface area contributed by atoms with Crippen LogP contribution in [0.5, 0.6) is 0 Å². The predicted molar refractivity (Wildman–Crippen MR) is 74.1 cm³/mol. The van der Waals surface area contributed by atoms with Gasteiger partial charge in [-0.1, -0.05) is 5.21 Å². The largest absolute Gasteiger partial charge is 0.383 e. The zero-order valence-electron chi connectivity index (χ0n) is 12.0. The molecule has 1 aromatic heterocycles. The molecule has 2 heterocycles. The van der Waals surface area contributed by atoms with E-state index < -0.39 is 0 Å². The number of likely N-dealkylation sites (tertiary alicyclic amines) is 1. The van der Waals surface area contributed by atoms with Gasteiger partial charge in [-0.05, 0) is 25.9 Å². The number of ether oxygens (including phenoxy) is 1. The Morgan fingerprint density at radius 1 is 1.40 bits per heavy atom. The summed E-state index contributed by atoms with van der Waals surface area (Å²) in [6.07, 6.45) is 5.29. The molecule has 2 rings (SSSR count). The van der Waals surface area contributed by atoms with Gasteiger partial charge in [0.1, 0.15) is 0 Å². The molecular formula is C13H23N5O2. The van der Waals surface area contributed by atoms with Crippen molar-refractivity contribution in [2.24, 2.45) is 5.92 Å². The van der Waals surface area contributed by atoms with Gasteiger partial charge in [0.15, 0.2) is 0 Å². The molecule has 0 bridgehead atoms. The molecule has 1 aliphatic rings. The molecule has 20 heavy (non-hydrogen) atoms. The maximum atomic E-state index is 12.0. The number of nitrogens with zero attached hydrogens (tertiary/aromatic N) is 4. The molecule has 7 nitrogen and oxygen atoms in total. The van der Waals surface area contributed by atoms with Gasteiger partial charge in [0.05, 0.1) is 19.3 Å². The smallest absolute Gasteiger partial charge is 0.223 e. The molecule has 1 saturated heterocycles. The Bertz CT molecular complexity index is 387. The van der Waals surface area contributed by atoms with Gasteiger partial charge in [-0.3, -0.25) is 9.48 Å². The Kier molecular flexibility index (Phi) is 5.94. The van der Waals surface area contributed by atoms with E-state index in [9.17, 15) is 4.79 Å².